The van der Waals surface area contributed by atoms with Crippen LogP contribution in [0.3, 0.4) is 0 Å². The molecule has 1 fully saturated rings. The quantitative estimate of drug-likeness (QED) is 0.269. The number of benzene rings is 1. The zero-order valence-corrected chi connectivity index (χ0v) is 15.1. The van der Waals surface area contributed by atoms with Crippen LogP contribution in [-0.4, -0.2) is 38.2 Å². The minimum absolute atomic E-state index is 0.0902. The number of ether oxygens (including phenoxy) is 3. The van der Waals surface area contributed by atoms with Crippen molar-refractivity contribution in [2.45, 2.75) is 13.3 Å². The molecule has 1 heterocycles. The van der Waals surface area contributed by atoms with E-state index in [4.69, 9.17) is 14.2 Å². The van der Waals surface area contributed by atoms with E-state index in [2.05, 4.69) is 28.0 Å². The number of hydrogen-bond donors (Lipinski definition) is 3. The molecule has 1 unspecified atom stereocenters. The average molecular weight is 376 g/mol. The molecule has 27 heavy (non-hydrogen) atoms. The Kier molecular flexibility index (Phi) is 6.36. The van der Waals surface area contributed by atoms with Gasteiger partial charge in [0.2, 0.25) is 17.6 Å². The van der Waals surface area contributed by atoms with Crippen LogP contribution in [0.2, 0.25) is 0 Å². The largest absolute Gasteiger partial charge is 0.493 e. The first kappa shape index (κ1) is 19.8. The third kappa shape index (κ3) is 4.97. The Morgan fingerprint density at radius 2 is 1.89 bits per heavy atom. The van der Waals surface area contributed by atoms with Gasteiger partial charge in [-0.15, -0.1) is 0 Å². The molecule has 1 aromatic rings. The third-order valence-corrected chi connectivity index (χ3v) is 3.60. The lowest BCUT2D eigenvalue weighted by atomic mass is 10.0. The first-order chi connectivity index (χ1) is 12.8. The Morgan fingerprint density at radius 1 is 1.26 bits per heavy atom. The number of nitrogens with zero attached hydrogens (tertiary/aromatic N) is 1. The van der Waals surface area contributed by atoms with Crippen LogP contribution in [0.1, 0.15) is 18.9 Å². The molecule has 1 aromatic carbocycles. The SMILES string of the molecule is C=C1NNC(=O)C1CC(=O)NN=Cc1cc(OC)c(OC(C)=O)c(OC)c1. The molecule has 0 bridgehead atoms. The van der Waals surface area contributed by atoms with Gasteiger partial charge in [-0.1, -0.05) is 6.58 Å². The van der Waals surface area contributed by atoms with Crippen LogP contribution < -0.4 is 30.5 Å². The minimum Gasteiger partial charge on any atom is -0.493 e. The fraction of sp³-hybridized carbons (Fsp3) is 0.294. The van der Waals surface area contributed by atoms with Crippen molar-refractivity contribution >= 4 is 24.0 Å². The number of carbonyl (C=O) groups excluding carboxylic acids is 3. The van der Waals surface area contributed by atoms with Gasteiger partial charge in [-0.3, -0.25) is 19.8 Å². The molecule has 1 saturated heterocycles. The lowest BCUT2D eigenvalue weighted by Gasteiger charge is -2.13. The smallest absolute Gasteiger partial charge is 0.308 e. The number of nitrogens with one attached hydrogen (secondary N) is 3. The van der Waals surface area contributed by atoms with Crippen molar-refractivity contribution in [3.8, 4) is 17.2 Å². The summed E-state index contributed by atoms with van der Waals surface area (Å²) in [6, 6.07) is 3.12. The van der Waals surface area contributed by atoms with Gasteiger partial charge in [0.25, 0.3) is 0 Å². The van der Waals surface area contributed by atoms with E-state index >= 15 is 0 Å². The molecular formula is C17H20N4O6. The maximum Gasteiger partial charge on any atom is 0.308 e. The molecule has 0 aromatic heterocycles. The van der Waals surface area contributed by atoms with Crippen LogP contribution >= 0.6 is 0 Å². The first-order valence-corrected chi connectivity index (χ1v) is 7.86. The maximum atomic E-state index is 11.9. The number of esters is 1. The second-order valence-corrected chi connectivity index (χ2v) is 5.54. The summed E-state index contributed by atoms with van der Waals surface area (Å²) >= 11 is 0. The summed E-state index contributed by atoms with van der Waals surface area (Å²) in [4.78, 5) is 34.7. The number of hydrazone groups is 1. The highest BCUT2D eigenvalue weighted by Gasteiger charge is 2.30. The predicted molar refractivity (Wildman–Crippen MR) is 95.1 cm³/mol. The van der Waals surface area contributed by atoms with Crippen molar-refractivity contribution in [2.24, 2.45) is 11.0 Å². The molecule has 1 aliphatic heterocycles. The zero-order chi connectivity index (χ0) is 20.0. The van der Waals surface area contributed by atoms with Gasteiger partial charge in [-0.2, -0.15) is 5.10 Å². The minimum atomic E-state index is -0.650. The summed E-state index contributed by atoms with van der Waals surface area (Å²) in [6.45, 7) is 4.92. The number of rotatable bonds is 7. The molecule has 10 nitrogen and oxygen atoms in total. The molecule has 0 saturated carbocycles. The topological polar surface area (TPSA) is 127 Å². The number of carbonyl (C=O) groups is 3. The van der Waals surface area contributed by atoms with Crippen molar-refractivity contribution < 1.29 is 28.6 Å². The van der Waals surface area contributed by atoms with Crippen LogP contribution in [0.4, 0.5) is 0 Å². The van der Waals surface area contributed by atoms with Gasteiger partial charge < -0.3 is 19.6 Å². The fourth-order valence-electron chi connectivity index (χ4n) is 2.32. The van der Waals surface area contributed by atoms with Crippen molar-refractivity contribution in [1.29, 1.82) is 0 Å². The highest BCUT2D eigenvalue weighted by atomic mass is 16.6. The van der Waals surface area contributed by atoms with Crippen molar-refractivity contribution in [1.82, 2.24) is 16.3 Å². The van der Waals surface area contributed by atoms with Gasteiger partial charge in [0.15, 0.2) is 11.5 Å². The summed E-state index contributed by atoms with van der Waals surface area (Å²) in [5.74, 6) is -1.27. The Bertz CT molecular complexity index is 764. The summed E-state index contributed by atoms with van der Waals surface area (Å²) in [7, 11) is 2.83. The fourth-order valence-corrected chi connectivity index (χ4v) is 2.32. The first-order valence-electron chi connectivity index (χ1n) is 7.86. The third-order valence-electron chi connectivity index (χ3n) is 3.60. The second kappa shape index (κ2) is 8.70. The van der Waals surface area contributed by atoms with Crippen LogP contribution in [-0.2, 0) is 14.4 Å². The Labute approximate surface area is 155 Å². The Balaban J connectivity index is 2.07. The van der Waals surface area contributed by atoms with Crippen LogP contribution in [0.5, 0.6) is 17.2 Å². The van der Waals surface area contributed by atoms with Crippen molar-refractivity contribution in [3.05, 3.63) is 30.0 Å². The maximum absolute atomic E-state index is 11.9. The predicted octanol–water partition coefficient (Wildman–Crippen LogP) is 0.234. The second-order valence-electron chi connectivity index (χ2n) is 5.54. The van der Waals surface area contributed by atoms with Crippen molar-refractivity contribution in [3.63, 3.8) is 0 Å². The molecule has 0 aliphatic carbocycles. The number of hydrazine groups is 1. The highest BCUT2D eigenvalue weighted by molar-refractivity contribution is 5.90. The molecular weight excluding hydrogens is 356 g/mol. The van der Waals surface area contributed by atoms with E-state index in [1.54, 1.807) is 12.1 Å². The summed E-state index contributed by atoms with van der Waals surface area (Å²) in [5, 5.41) is 3.85. The van der Waals surface area contributed by atoms with Gasteiger partial charge in [-0.25, -0.2) is 5.43 Å². The lowest BCUT2D eigenvalue weighted by Crippen LogP contribution is -2.27. The zero-order valence-electron chi connectivity index (χ0n) is 15.1. The van der Waals surface area contributed by atoms with E-state index in [0.29, 0.717) is 11.3 Å². The van der Waals surface area contributed by atoms with Gasteiger partial charge in [0.1, 0.15) is 0 Å². The standard InChI is InChI=1S/C17H20N4O6/c1-9-12(17(24)21-19-9)7-15(23)20-18-8-11-5-13(25-3)16(27-10(2)22)14(6-11)26-4/h5-6,8,12,19H,1,7H2,2-4H3,(H,20,23)(H,21,24). The van der Waals surface area contributed by atoms with Crippen LogP contribution in [0.15, 0.2) is 29.5 Å². The van der Waals surface area contributed by atoms with E-state index in [1.807, 2.05) is 0 Å². The van der Waals surface area contributed by atoms with E-state index < -0.39 is 17.8 Å². The number of amides is 2. The lowest BCUT2D eigenvalue weighted by molar-refractivity contribution is -0.132. The molecule has 0 spiro atoms. The summed E-state index contributed by atoms with van der Waals surface area (Å²) in [5.41, 5.74) is 8.25. The molecule has 1 atom stereocenters. The highest BCUT2D eigenvalue weighted by Crippen LogP contribution is 2.38. The van der Waals surface area contributed by atoms with Gasteiger partial charge in [0, 0.05) is 24.6 Å². The van der Waals surface area contributed by atoms with E-state index in [1.165, 1.54) is 27.4 Å². The van der Waals surface area contributed by atoms with E-state index in [-0.39, 0.29) is 29.6 Å². The molecule has 1 aliphatic rings. The van der Waals surface area contributed by atoms with Crippen LogP contribution in [0, 0.1) is 5.92 Å². The number of hydrogen-bond acceptors (Lipinski definition) is 8. The molecule has 3 N–H and O–H groups in total. The van der Waals surface area contributed by atoms with Gasteiger partial charge in [-0.05, 0) is 12.1 Å². The van der Waals surface area contributed by atoms with E-state index in [0.717, 1.165) is 0 Å². The molecule has 2 rings (SSSR count). The molecule has 10 heteroatoms. The monoisotopic (exact) mass is 376 g/mol. The molecule has 0 radical (unpaired) electrons. The van der Waals surface area contributed by atoms with E-state index in [9.17, 15) is 14.4 Å². The Morgan fingerprint density at radius 3 is 2.37 bits per heavy atom. The van der Waals surface area contributed by atoms with Crippen LogP contribution in [0.25, 0.3) is 0 Å². The summed E-state index contributed by atoms with van der Waals surface area (Å²) < 4.78 is 15.5. The molecule has 2 amide bonds. The van der Waals surface area contributed by atoms with Crippen molar-refractivity contribution in [2.75, 3.05) is 14.2 Å². The van der Waals surface area contributed by atoms with Gasteiger partial charge >= 0.3 is 5.97 Å². The normalized spacial score (nSPS) is 15.9. The Hall–Kier alpha value is -3.56. The molecule has 144 valence electrons. The van der Waals surface area contributed by atoms with Gasteiger partial charge in [0.05, 0.1) is 26.4 Å². The summed E-state index contributed by atoms with van der Waals surface area (Å²) in [6.07, 6.45) is 1.27. The average Bonchev–Trinajstić information content (AvgIpc) is 2.94. The number of methoxy groups -OCH3 is 2.